The van der Waals surface area contributed by atoms with Gasteiger partial charge in [0.05, 0.1) is 23.6 Å². The second kappa shape index (κ2) is 10.5. The van der Waals surface area contributed by atoms with Crippen molar-refractivity contribution in [3.63, 3.8) is 0 Å². The van der Waals surface area contributed by atoms with Gasteiger partial charge >= 0.3 is 0 Å². The molecule has 0 spiro atoms. The Bertz CT molecular complexity index is 988. The lowest BCUT2D eigenvalue weighted by atomic mass is 10.0. The molecule has 1 heterocycles. The van der Waals surface area contributed by atoms with Crippen molar-refractivity contribution in [2.75, 3.05) is 6.61 Å². The highest BCUT2D eigenvalue weighted by Crippen LogP contribution is 2.23. The van der Waals surface area contributed by atoms with Crippen LogP contribution in [0.5, 0.6) is 5.75 Å². The van der Waals surface area contributed by atoms with E-state index in [1.807, 2.05) is 37.3 Å². The zero-order valence-electron chi connectivity index (χ0n) is 19.4. The minimum atomic E-state index is -0.175. The van der Waals surface area contributed by atoms with Crippen LogP contribution in [-0.2, 0) is 11.3 Å². The van der Waals surface area contributed by atoms with Crippen molar-refractivity contribution in [3.05, 3.63) is 59.9 Å². The summed E-state index contributed by atoms with van der Waals surface area (Å²) >= 11 is 0. The molecule has 0 aliphatic rings. The monoisotopic (exact) mass is 421 g/mol. The van der Waals surface area contributed by atoms with Gasteiger partial charge in [-0.25, -0.2) is 4.98 Å². The number of imidazole rings is 1. The molecule has 166 valence electrons. The Morgan fingerprint density at radius 2 is 1.71 bits per heavy atom. The molecule has 1 amide bonds. The minimum Gasteiger partial charge on any atom is -0.492 e. The maximum atomic E-state index is 12.6. The molecule has 5 nitrogen and oxygen atoms in total. The summed E-state index contributed by atoms with van der Waals surface area (Å²) in [4.78, 5) is 17.4. The van der Waals surface area contributed by atoms with Gasteiger partial charge in [0.1, 0.15) is 18.2 Å². The van der Waals surface area contributed by atoms with Gasteiger partial charge < -0.3 is 14.6 Å². The normalized spacial score (nSPS) is 12.5. The van der Waals surface area contributed by atoms with Crippen LogP contribution < -0.4 is 10.1 Å². The molecule has 5 heteroatoms. The Morgan fingerprint density at radius 1 is 1.03 bits per heavy atom. The van der Waals surface area contributed by atoms with Crippen molar-refractivity contribution in [2.45, 2.75) is 66.0 Å². The molecule has 1 aromatic heterocycles. The lowest BCUT2D eigenvalue weighted by Crippen LogP contribution is -2.33. The van der Waals surface area contributed by atoms with Crippen molar-refractivity contribution in [2.24, 2.45) is 5.92 Å². The van der Waals surface area contributed by atoms with Crippen molar-refractivity contribution in [1.82, 2.24) is 14.9 Å². The van der Waals surface area contributed by atoms with Crippen LogP contribution in [0, 0.1) is 5.92 Å². The first-order valence-corrected chi connectivity index (χ1v) is 11.4. The zero-order chi connectivity index (χ0) is 22.4. The fraction of sp³-hybridized carbons (Fsp3) is 0.462. The number of carbonyl (C=O) groups excluding carboxylic acids is 1. The lowest BCUT2D eigenvalue weighted by molar-refractivity contribution is -0.125. The summed E-state index contributed by atoms with van der Waals surface area (Å²) in [5.41, 5.74) is 3.29. The largest absolute Gasteiger partial charge is 0.492 e. The highest BCUT2D eigenvalue weighted by Gasteiger charge is 2.21. The summed E-state index contributed by atoms with van der Waals surface area (Å²) in [7, 11) is 0. The molecule has 1 atom stereocenters. The van der Waals surface area contributed by atoms with E-state index in [4.69, 9.17) is 9.72 Å². The van der Waals surface area contributed by atoms with E-state index in [2.05, 4.69) is 55.8 Å². The highest BCUT2D eigenvalue weighted by molar-refractivity contribution is 5.79. The number of hydrogen-bond donors (Lipinski definition) is 1. The predicted molar refractivity (Wildman–Crippen MR) is 126 cm³/mol. The topological polar surface area (TPSA) is 56.2 Å². The van der Waals surface area contributed by atoms with Crippen LogP contribution in [0.4, 0.5) is 0 Å². The SMILES string of the molecule is CCC(CC)C(=O)NC(C)c1nc2ccccc2n1CCOc1ccc(C(C)C)cc1. The van der Waals surface area contributed by atoms with Crippen LogP contribution in [0.25, 0.3) is 11.0 Å². The van der Waals surface area contributed by atoms with Gasteiger partial charge in [-0.05, 0) is 55.5 Å². The number of nitrogens with one attached hydrogen (secondary N) is 1. The smallest absolute Gasteiger partial charge is 0.223 e. The third-order valence-electron chi connectivity index (χ3n) is 5.92. The summed E-state index contributed by atoms with van der Waals surface area (Å²) in [6.45, 7) is 11.7. The summed E-state index contributed by atoms with van der Waals surface area (Å²) in [6.07, 6.45) is 1.68. The Balaban J connectivity index is 1.75. The molecule has 0 saturated carbocycles. The molecule has 0 saturated heterocycles. The van der Waals surface area contributed by atoms with E-state index in [-0.39, 0.29) is 17.9 Å². The summed E-state index contributed by atoms with van der Waals surface area (Å²) in [5.74, 6) is 2.37. The molecule has 1 unspecified atom stereocenters. The summed E-state index contributed by atoms with van der Waals surface area (Å²) < 4.78 is 8.18. The van der Waals surface area contributed by atoms with E-state index in [1.54, 1.807) is 0 Å². The average molecular weight is 422 g/mol. The Kier molecular flexibility index (Phi) is 7.72. The third-order valence-corrected chi connectivity index (χ3v) is 5.92. The van der Waals surface area contributed by atoms with Gasteiger partial charge in [0.25, 0.3) is 0 Å². The van der Waals surface area contributed by atoms with E-state index >= 15 is 0 Å². The molecule has 0 aliphatic heterocycles. The maximum absolute atomic E-state index is 12.6. The molecule has 0 bridgehead atoms. The van der Waals surface area contributed by atoms with Gasteiger partial charge in [0.2, 0.25) is 5.91 Å². The molecular formula is C26H35N3O2. The lowest BCUT2D eigenvalue weighted by Gasteiger charge is -2.19. The number of hydrogen-bond acceptors (Lipinski definition) is 3. The number of ether oxygens (including phenoxy) is 1. The van der Waals surface area contributed by atoms with Gasteiger partial charge in [-0.3, -0.25) is 4.79 Å². The first-order valence-electron chi connectivity index (χ1n) is 11.4. The highest BCUT2D eigenvalue weighted by atomic mass is 16.5. The molecule has 0 aliphatic carbocycles. The summed E-state index contributed by atoms with van der Waals surface area (Å²) in [5, 5.41) is 3.16. The molecule has 1 N–H and O–H groups in total. The van der Waals surface area contributed by atoms with Gasteiger partial charge in [0, 0.05) is 5.92 Å². The van der Waals surface area contributed by atoms with Crippen molar-refractivity contribution in [1.29, 1.82) is 0 Å². The Hall–Kier alpha value is -2.82. The number of aromatic nitrogens is 2. The molecule has 2 aromatic carbocycles. The minimum absolute atomic E-state index is 0.0393. The van der Waals surface area contributed by atoms with Crippen LogP contribution in [0.1, 0.15) is 70.8 Å². The molecule has 0 fully saturated rings. The standard InChI is InChI=1S/C26H35N3O2/c1-6-20(7-2)26(30)27-19(5)25-28-23-10-8-9-11-24(23)29(25)16-17-31-22-14-12-21(13-15-22)18(3)4/h8-15,18-20H,6-7,16-17H2,1-5H3,(H,27,30). The number of benzene rings is 2. The second-order valence-corrected chi connectivity index (χ2v) is 8.43. The predicted octanol–water partition coefficient (Wildman–Crippen LogP) is 5.85. The number of rotatable bonds is 10. The zero-order valence-corrected chi connectivity index (χ0v) is 19.4. The Morgan fingerprint density at radius 3 is 2.35 bits per heavy atom. The fourth-order valence-corrected chi connectivity index (χ4v) is 3.92. The Labute approximate surface area is 185 Å². The molecule has 31 heavy (non-hydrogen) atoms. The van der Waals surface area contributed by atoms with Crippen LogP contribution in [-0.4, -0.2) is 22.1 Å². The first-order chi connectivity index (χ1) is 14.9. The van der Waals surface area contributed by atoms with Gasteiger partial charge in [-0.1, -0.05) is 52.0 Å². The van der Waals surface area contributed by atoms with Crippen LogP contribution in [0.3, 0.4) is 0 Å². The first kappa shape index (κ1) is 22.9. The number of amides is 1. The van der Waals surface area contributed by atoms with Gasteiger partial charge in [0.15, 0.2) is 0 Å². The molecular weight excluding hydrogens is 386 g/mol. The van der Waals surface area contributed by atoms with E-state index in [1.165, 1.54) is 5.56 Å². The second-order valence-electron chi connectivity index (χ2n) is 8.43. The molecule has 3 rings (SSSR count). The van der Waals surface area contributed by atoms with Crippen molar-refractivity contribution >= 4 is 16.9 Å². The van der Waals surface area contributed by atoms with Crippen LogP contribution in [0.2, 0.25) is 0 Å². The van der Waals surface area contributed by atoms with E-state index in [9.17, 15) is 4.79 Å². The number of para-hydroxylation sites is 2. The number of nitrogens with zero attached hydrogens (tertiary/aromatic N) is 2. The average Bonchev–Trinajstić information content (AvgIpc) is 3.14. The fourth-order valence-electron chi connectivity index (χ4n) is 3.92. The van der Waals surface area contributed by atoms with Gasteiger partial charge in [-0.15, -0.1) is 0 Å². The maximum Gasteiger partial charge on any atom is 0.223 e. The van der Waals surface area contributed by atoms with E-state index in [0.29, 0.717) is 19.1 Å². The van der Waals surface area contributed by atoms with Gasteiger partial charge in [-0.2, -0.15) is 0 Å². The quantitative estimate of drug-likeness (QED) is 0.447. The number of carbonyl (C=O) groups is 1. The molecule has 0 radical (unpaired) electrons. The van der Waals surface area contributed by atoms with Crippen molar-refractivity contribution < 1.29 is 9.53 Å². The van der Waals surface area contributed by atoms with Crippen LogP contribution in [0.15, 0.2) is 48.5 Å². The summed E-state index contributed by atoms with van der Waals surface area (Å²) in [6, 6.07) is 16.2. The number of fused-ring (bicyclic) bond motifs is 1. The van der Waals surface area contributed by atoms with E-state index in [0.717, 1.165) is 35.4 Å². The third kappa shape index (κ3) is 5.46. The van der Waals surface area contributed by atoms with Crippen molar-refractivity contribution in [3.8, 4) is 5.75 Å². The molecule has 3 aromatic rings. The van der Waals surface area contributed by atoms with Crippen LogP contribution >= 0.6 is 0 Å². The van der Waals surface area contributed by atoms with E-state index < -0.39 is 0 Å².